The number of rotatable bonds is 1. The van der Waals surface area contributed by atoms with Gasteiger partial charge in [0.05, 0.1) is 0 Å². The lowest BCUT2D eigenvalue weighted by Crippen LogP contribution is -2.31. The number of benzene rings is 1. The van der Waals surface area contributed by atoms with E-state index < -0.39 is 0 Å². The summed E-state index contributed by atoms with van der Waals surface area (Å²) in [5, 5.41) is 0.423. The number of halogens is 1. The minimum Gasteiger partial charge on any atom is -0.382 e. The van der Waals surface area contributed by atoms with Gasteiger partial charge in [-0.3, -0.25) is 0 Å². The Labute approximate surface area is 117 Å². The molecule has 98 valence electrons. The summed E-state index contributed by atoms with van der Waals surface area (Å²) in [6.07, 6.45) is 2.53. The molecule has 1 aliphatic rings. The number of para-hydroxylation sites is 1. The smallest absolute Gasteiger partial charge is 0.157 e. The summed E-state index contributed by atoms with van der Waals surface area (Å²) < 4.78 is 0. The van der Waals surface area contributed by atoms with Gasteiger partial charge in [0.2, 0.25) is 0 Å². The molecule has 1 aromatic heterocycles. The lowest BCUT2D eigenvalue weighted by molar-refractivity contribution is 0.560. The number of hydrogen-bond acceptors (Lipinski definition) is 4. The van der Waals surface area contributed by atoms with Gasteiger partial charge in [-0.1, -0.05) is 36.7 Å². The van der Waals surface area contributed by atoms with Crippen LogP contribution in [0.5, 0.6) is 0 Å². The van der Waals surface area contributed by atoms with Crippen LogP contribution in [-0.4, -0.2) is 16.5 Å². The van der Waals surface area contributed by atoms with Crippen molar-refractivity contribution in [2.45, 2.75) is 13.3 Å². The van der Waals surface area contributed by atoms with Crippen LogP contribution in [0.15, 0.2) is 30.6 Å². The van der Waals surface area contributed by atoms with E-state index in [2.05, 4.69) is 40.0 Å². The molecule has 5 heteroatoms. The van der Waals surface area contributed by atoms with E-state index in [-0.39, 0.29) is 0 Å². The predicted octanol–water partition coefficient (Wildman–Crippen LogP) is 3.04. The minimum absolute atomic E-state index is 0.322. The van der Waals surface area contributed by atoms with Gasteiger partial charge >= 0.3 is 0 Å². The number of aromatic nitrogens is 2. The molecule has 0 aliphatic carbocycles. The zero-order valence-electron chi connectivity index (χ0n) is 10.7. The van der Waals surface area contributed by atoms with Crippen LogP contribution in [0.4, 0.5) is 17.3 Å². The molecule has 1 aromatic carbocycles. The van der Waals surface area contributed by atoms with Gasteiger partial charge in [-0.25, -0.2) is 9.97 Å². The summed E-state index contributed by atoms with van der Waals surface area (Å²) in [5.74, 6) is 1.55. The Kier molecular flexibility index (Phi) is 3.03. The first-order valence-electron chi connectivity index (χ1n) is 6.28. The average molecular weight is 275 g/mol. The maximum absolute atomic E-state index is 6.25. The Balaban J connectivity index is 2.13. The maximum Gasteiger partial charge on any atom is 0.157 e. The van der Waals surface area contributed by atoms with Crippen molar-refractivity contribution in [2.75, 3.05) is 17.2 Å². The third-order valence-electron chi connectivity index (χ3n) is 3.40. The summed E-state index contributed by atoms with van der Waals surface area (Å²) in [6, 6.07) is 8.33. The molecule has 0 saturated carbocycles. The van der Waals surface area contributed by atoms with Crippen molar-refractivity contribution < 1.29 is 0 Å². The fourth-order valence-corrected chi connectivity index (χ4v) is 2.76. The molecule has 1 atom stereocenters. The normalized spacial score (nSPS) is 18.2. The number of anilines is 3. The van der Waals surface area contributed by atoms with E-state index in [1.165, 1.54) is 11.9 Å². The predicted molar refractivity (Wildman–Crippen MR) is 77.8 cm³/mol. The molecule has 0 spiro atoms. The first-order chi connectivity index (χ1) is 9.16. The number of nitrogens with zero attached hydrogens (tertiary/aromatic N) is 3. The van der Waals surface area contributed by atoms with E-state index in [4.69, 9.17) is 17.3 Å². The molecule has 2 N–H and O–H groups in total. The van der Waals surface area contributed by atoms with Crippen LogP contribution in [0.1, 0.15) is 12.5 Å². The third kappa shape index (κ3) is 2.12. The topological polar surface area (TPSA) is 55.0 Å². The minimum atomic E-state index is 0.322. The van der Waals surface area contributed by atoms with Crippen molar-refractivity contribution in [2.24, 2.45) is 5.92 Å². The van der Waals surface area contributed by atoms with E-state index in [1.54, 1.807) is 0 Å². The molecule has 1 aliphatic heterocycles. The van der Waals surface area contributed by atoms with E-state index in [0.717, 1.165) is 18.7 Å². The monoisotopic (exact) mass is 274 g/mol. The van der Waals surface area contributed by atoms with Gasteiger partial charge in [0.1, 0.15) is 17.2 Å². The van der Waals surface area contributed by atoms with E-state index in [0.29, 0.717) is 22.6 Å². The molecule has 2 heterocycles. The average Bonchev–Trinajstić information content (AvgIpc) is 2.41. The fourth-order valence-electron chi connectivity index (χ4n) is 2.56. The largest absolute Gasteiger partial charge is 0.382 e. The number of nitrogens with two attached hydrogens (primary N) is 1. The summed E-state index contributed by atoms with van der Waals surface area (Å²) in [5.41, 5.74) is 8.24. The summed E-state index contributed by atoms with van der Waals surface area (Å²) in [6.45, 7) is 3.11. The molecule has 0 amide bonds. The molecule has 4 nitrogen and oxygen atoms in total. The van der Waals surface area contributed by atoms with Crippen LogP contribution in [0, 0.1) is 5.92 Å². The van der Waals surface area contributed by atoms with Crippen molar-refractivity contribution in [1.82, 2.24) is 9.97 Å². The summed E-state index contributed by atoms with van der Waals surface area (Å²) in [7, 11) is 0. The standard InChI is InChI=1S/C14H15ClN4/c1-9-6-10-4-2-3-5-11(10)19(7-9)14-12(15)13(16)17-8-18-14/h2-5,8-9H,6-7H2,1H3,(H2,16,17,18). The molecule has 19 heavy (non-hydrogen) atoms. The molecule has 2 aromatic rings. The van der Waals surface area contributed by atoms with Gasteiger partial charge in [-0.15, -0.1) is 0 Å². The van der Waals surface area contributed by atoms with E-state index in [1.807, 2.05) is 6.07 Å². The highest BCUT2D eigenvalue weighted by Gasteiger charge is 2.25. The fraction of sp³-hybridized carbons (Fsp3) is 0.286. The lowest BCUT2D eigenvalue weighted by Gasteiger charge is -2.34. The van der Waals surface area contributed by atoms with Crippen molar-refractivity contribution >= 4 is 28.9 Å². The van der Waals surface area contributed by atoms with Crippen LogP contribution in [0.3, 0.4) is 0 Å². The second-order valence-corrected chi connectivity index (χ2v) is 5.32. The molecule has 0 fully saturated rings. The zero-order chi connectivity index (χ0) is 13.4. The first-order valence-corrected chi connectivity index (χ1v) is 6.66. The Morgan fingerprint density at radius 3 is 2.95 bits per heavy atom. The van der Waals surface area contributed by atoms with Crippen molar-refractivity contribution in [3.8, 4) is 0 Å². The summed E-state index contributed by atoms with van der Waals surface area (Å²) in [4.78, 5) is 10.3. The third-order valence-corrected chi connectivity index (χ3v) is 3.76. The van der Waals surface area contributed by atoms with Gasteiger partial charge < -0.3 is 10.6 Å². The Morgan fingerprint density at radius 1 is 1.32 bits per heavy atom. The highest BCUT2D eigenvalue weighted by Crippen LogP contribution is 2.38. The quantitative estimate of drug-likeness (QED) is 0.868. The Hall–Kier alpha value is -1.81. The molecule has 0 radical (unpaired) electrons. The van der Waals surface area contributed by atoms with Crippen LogP contribution in [0.2, 0.25) is 5.02 Å². The van der Waals surface area contributed by atoms with Gasteiger partial charge in [-0.05, 0) is 24.0 Å². The summed E-state index contributed by atoms with van der Waals surface area (Å²) >= 11 is 6.25. The van der Waals surface area contributed by atoms with Crippen molar-refractivity contribution in [1.29, 1.82) is 0 Å². The molecule has 0 bridgehead atoms. The van der Waals surface area contributed by atoms with E-state index >= 15 is 0 Å². The van der Waals surface area contributed by atoms with Crippen LogP contribution >= 0.6 is 11.6 Å². The van der Waals surface area contributed by atoms with Crippen molar-refractivity contribution in [3.63, 3.8) is 0 Å². The van der Waals surface area contributed by atoms with Crippen molar-refractivity contribution in [3.05, 3.63) is 41.2 Å². The van der Waals surface area contributed by atoms with Crippen LogP contribution in [-0.2, 0) is 6.42 Å². The van der Waals surface area contributed by atoms with Gasteiger partial charge in [0, 0.05) is 12.2 Å². The molecular formula is C14H15ClN4. The van der Waals surface area contributed by atoms with Gasteiger partial charge in [0.25, 0.3) is 0 Å². The molecule has 0 saturated heterocycles. The second kappa shape index (κ2) is 4.70. The van der Waals surface area contributed by atoms with Gasteiger partial charge in [-0.2, -0.15) is 0 Å². The Bertz CT molecular complexity index is 614. The number of hydrogen-bond donors (Lipinski definition) is 1. The second-order valence-electron chi connectivity index (χ2n) is 4.95. The number of nitrogen functional groups attached to an aromatic ring is 1. The first kappa shape index (κ1) is 12.2. The SMILES string of the molecule is CC1Cc2ccccc2N(c2ncnc(N)c2Cl)C1. The maximum atomic E-state index is 6.25. The Morgan fingerprint density at radius 2 is 2.11 bits per heavy atom. The molecular weight excluding hydrogens is 260 g/mol. The number of fused-ring (bicyclic) bond motifs is 1. The molecule has 3 rings (SSSR count). The van der Waals surface area contributed by atoms with Gasteiger partial charge in [0.15, 0.2) is 5.82 Å². The lowest BCUT2D eigenvalue weighted by atomic mass is 9.94. The highest BCUT2D eigenvalue weighted by atomic mass is 35.5. The van der Waals surface area contributed by atoms with Crippen LogP contribution < -0.4 is 10.6 Å². The molecule has 1 unspecified atom stereocenters. The highest BCUT2D eigenvalue weighted by molar-refractivity contribution is 6.35. The zero-order valence-corrected chi connectivity index (χ0v) is 11.4. The van der Waals surface area contributed by atoms with Crippen LogP contribution in [0.25, 0.3) is 0 Å². The van der Waals surface area contributed by atoms with E-state index in [9.17, 15) is 0 Å².